The Balaban J connectivity index is 1.88. The Morgan fingerprint density at radius 2 is 2.14 bits per heavy atom. The summed E-state index contributed by atoms with van der Waals surface area (Å²) in [6.45, 7) is 0. The highest BCUT2D eigenvalue weighted by Crippen LogP contribution is 2.18. The highest BCUT2D eigenvalue weighted by Gasteiger charge is 2.26. The van der Waals surface area contributed by atoms with Gasteiger partial charge in [-0.2, -0.15) is 0 Å². The van der Waals surface area contributed by atoms with E-state index in [1.807, 2.05) is 0 Å². The fourth-order valence-electron chi connectivity index (χ4n) is 2.71. The molecule has 1 fully saturated rings. The van der Waals surface area contributed by atoms with Gasteiger partial charge in [0.05, 0.1) is 12.1 Å². The van der Waals surface area contributed by atoms with E-state index in [1.165, 1.54) is 10.6 Å². The van der Waals surface area contributed by atoms with Gasteiger partial charge < -0.3 is 10.4 Å². The summed E-state index contributed by atoms with van der Waals surface area (Å²) in [5.74, 6) is -0.475. The van der Waals surface area contributed by atoms with Crippen molar-refractivity contribution in [3.8, 4) is 0 Å². The molecular weight excluding hydrogens is 270 g/mol. The Morgan fingerprint density at radius 1 is 1.33 bits per heavy atom. The van der Waals surface area contributed by atoms with Crippen molar-refractivity contribution in [1.29, 1.82) is 0 Å². The molecule has 6 nitrogen and oxygen atoms in total. The molecule has 6 heteroatoms. The number of aliphatic hydroxyl groups is 1. The highest BCUT2D eigenvalue weighted by atomic mass is 16.3. The lowest BCUT2D eigenvalue weighted by Gasteiger charge is -2.28. The minimum Gasteiger partial charge on any atom is -0.391 e. The van der Waals surface area contributed by atoms with Gasteiger partial charge in [-0.15, -0.1) is 0 Å². The van der Waals surface area contributed by atoms with Crippen LogP contribution in [0.4, 0.5) is 0 Å². The molecule has 2 heterocycles. The summed E-state index contributed by atoms with van der Waals surface area (Å²) in [6, 6.07) is 4.90. The molecule has 2 N–H and O–H groups in total. The van der Waals surface area contributed by atoms with Crippen molar-refractivity contribution in [2.75, 3.05) is 0 Å². The summed E-state index contributed by atoms with van der Waals surface area (Å²) < 4.78 is 1.34. The monoisotopic (exact) mass is 287 g/mol. The number of carbonyl (C=O) groups is 1. The maximum Gasteiger partial charge on any atom is 0.270 e. The zero-order valence-electron chi connectivity index (χ0n) is 11.5. The normalized spacial score (nSPS) is 22.1. The van der Waals surface area contributed by atoms with Gasteiger partial charge in [-0.3, -0.25) is 14.0 Å². The van der Waals surface area contributed by atoms with Crippen molar-refractivity contribution >= 4 is 11.6 Å². The molecule has 0 radical (unpaired) electrons. The number of nitrogens with zero attached hydrogens (tertiary/aromatic N) is 2. The van der Waals surface area contributed by atoms with E-state index in [4.69, 9.17) is 0 Å². The van der Waals surface area contributed by atoms with Crippen molar-refractivity contribution in [2.45, 2.75) is 37.8 Å². The van der Waals surface area contributed by atoms with Crippen LogP contribution in [-0.2, 0) is 0 Å². The lowest BCUT2D eigenvalue weighted by atomic mass is 9.92. The molecule has 0 aliphatic heterocycles. The van der Waals surface area contributed by atoms with Gasteiger partial charge >= 0.3 is 0 Å². The summed E-state index contributed by atoms with van der Waals surface area (Å²) >= 11 is 0. The third-order valence-electron chi connectivity index (χ3n) is 3.90. The number of fused-ring (bicyclic) bond motifs is 1. The molecule has 2 aromatic rings. The molecule has 0 aromatic carbocycles. The lowest BCUT2D eigenvalue weighted by molar-refractivity contribution is 0.0716. The van der Waals surface area contributed by atoms with E-state index in [9.17, 15) is 14.7 Å². The third kappa shape index (κ3) is 2.67. The van der Waals surface area contributed by atoms with Crippen LogP contribution in [0.3, 0.4) is 0 Å². The van der Waals surface area contributed by atoms with Crippen LogP contribution in [0.1, 0.15) is 36.0 Å². The number of aromatic nitrogens is 2. The summed E-state index contributed by atoms with van der Waals surface area (Å²) in [6.07, 6.45) is 5.68. The molecule has 2 aromatic heterocycles. The van der Waals surface area contributed by atoms with E-state index in [0.717, 1.165) is 19.3 Å². The molecule has 21 heavy (non-hydrogen) atoms. The first kappa shape index (κ1) is 13.8. The van der Waals surface area contributed by atoms with Crippen LogP contribution in [0.15, 0.2) is 35.4 Å². The number of nitrogens with one attached hydrogen (secondary N) is 1. The summed E-state index contributed by atoms with van der Waals surface area (Å²) in [7, 11) is 0. The van der Waals surface area contributed by atoms with Crippen molar-refractivity contribution in [1.82, 2.24) is 14.7 Å². The van der Waals surface area contributed by atoms with E-state index in [2.05, 4.69) is 10.3 Å². The second-order valence-corrected chi connectivity index (χ2v) is 5.34. The van der Waals surface area contributed by atoms with Crippen molar-refractivity contribution < 1.29 is 9.90 Å². The molecule has 1 amide bonds. The first-order valence-corrected chi connectivity index (χ1v) is 7.12. The van der Waals surface area contributed by atoms with Crippen molar-refractivity contribution in [2.24, 2.45) is 0 Å². The van der Waals surface area contributed by atoms with E-state index < -0.39 is 17.6 Å². The average Bonchev–Trinajstić information content (AvgIpc) is 2.50. The molecule has 1 aliphatic carbocycles. The van der Waals surface area contributed by atoms with Gasteiger partial charge in [-0.25, -0.2) is 4.98 Å². The second-order valence-electron chi connectivity index (χ2n) is 5.34. The van der Waals surface area contributed by atoms with Crippen LogP contribution in [-0.4, -0.2) is 32.5 Å². The van der Waals surface area contributed by atoms with Gasteiger partial charge in [-0.05, 0) is 25.0 Å². The van der Waals surface area contributed by atoms with E-state index >= 15 is 0 Å². The fraction of sp³-hybridized carbons (Fsp3) is 0.400. The van der Waals surface area contributed by atoms with Crippen LogP contribution in [0.25, 0.3) is 5.65 Å². The minimum atomic E-state index is -0.543. The number of pyridine rings is 1. The van der Waals surface area contributed by atoms with E-state index in [-0.39, 0.29) is 11.6 Å². The maximum atomic E-state index is 12.3. The fourth-order valence-corrected chi connectivity index (χ4v) is 2.71. The first-order chi connectivity index (χ1) is 10.2. The van der Waals surface area contributed by atoms with Gasteiger partial charge in [0.2, 0.25) is 0 Å². The average molecular weight is 287 g/mol. The number of rotatable bonds is 2. The zero-order chi connectivity index (χ0) is 14.8. The number of hydrogen-bond acceptors (Lipinski definition) is 4. The Bertz CT molecular complexity index is 725. The molecule has 2 atom stereocenters. The van der Waals surface area contributed by atoms with Crippen LogP contribution in [0.2, 0.25) is 0 Å². The van der Waals surface area contributed by atoms with Gasteiger partial charge in [0, 0.05) is 12.4 Å². The molecule has 3 rings (SSSR count). The van der Waals surface area contributed by atoms with E-state index in [0.29, 0.717) is 12.1 Å². The summed E-state index contributed by atoms with van der Waals surface area (Å²) in [5.41, 5.74) is 0.0941. The predicted octanol–water partition coefficient (Wildman–Crippen LogP) is 0.728. The highest BCUT2D eigenvalue weighted by molar-refractivity contribution is 5.94. The molecule has 0 unspecified atom stereocenters. The molecule has 1 aliphatic rings. The van der Waals surface area contributed by atoms with Crippen molar-refractivity contribution in [3.05, 3.63) is 46.5 Å². The SMILES string of the molecule is O=C(N[C@H]1CCCC[C@@H]1O)c1cnc2ccccn2c1=O. The summed E-state index contributed by atoms with van der Waals surface area (Å²) in [4.78, 5) is 28.7. The van der Waals surface area contributed by atoms with Crippen LogP contribution in [0.5, 0.6) is 0 Å². The Kier molecular flexibility index (Phi) is 3.70. The van der Waals surface area contributed by atoms with Gasteiger partial charge in [0.1, 0.15) is 11.2 Å². The van der Waals surface area contributed by atoms with Crippen LogP contribution >= 0.6 is 0 Å². The Hall–Kier alpha value is -2.21. The van der Waals surface area contributed by atoms with E-state index in [1.54, 1.807) is 24.4 Å². The quantitative estimate of drug-likeness (QED) is 0.853. The number of carbonyl (C=O) groups excluding carboxylic acids is 1. The summed E-state index contributed by atoms with van der Waals surface area (Å²) in [5, 5.41) is 12.6. The molecule has 110 valence electrons. The zero-order valence-corrected chi connectivity index (χ0v) is 11.5. The number of hydrogen-bond donors (Lipinski definition) is 2. The largest absolute Gasteiger partial charge is 0.391 e. The molecule has 0 bridgehead atoms. The Labute approximate surface area is 121 Å². The van der Waals surface area contributed by atoms with Crippen LogP contribution < -0.4 is 10.9 Å². The third-order valence-corrected chi connectivity index (χ3v) is 3.90. The lowest BCUT2D eigenvalue weighted by Crippen LogP contribution is -2.46. The van der Waals surface area contributed by atoms with Gasteiger partial charge in [-0.1, -0.05) is 18.9 Å². The number of aliphatic hydroxyl groups excluding tert-OH is 1. The Morgan fingerprint density at radius 3 is 2.95 bits per heavy atom. The van der Waals surface area contributed by atoms with Crippen molar-refractivity contribution in [3.63, 3.8) is 0 Å². The topological polar surface area (TPSA) is 83.7 Å². The smallest absolute Gasteiger partial charge is 0.270 e. The molecule has 0 saturated heterocycles. The maximum absolute atomic E-state index is 12.3. The standard InChI is InChI=1S/C15H17N3O3/c19-12-6-2-1-5-11(12)17-14(20)10-9-16-13-7-3-4-8-18(13)15(10)21/h3-4,7-9,11-12,19H,1-2,5-6H2,(H,17,20)/t11-,12-/m0/s1. The molecular formula is C15H17N3O3. The van der Waals surface area contributed by atoms with Crippen LogP contribution in [0, 0.1) is 0 Å². The van der Waals surface area contributed by atoms with Gasteiger partial charge in [0.25, 0.3) is 11.5 Å². The number of amides is 1. The molecule has 1 saturated carbocycles. The minimum absolute atomic E-state index is 0.00327. The molecule has 0 spiro atoms. The predicted molar refractivity (Wildman–Crippen MR) is 77.2 cm³/mol. The second kappa shape index (κ2) is 5.65. The first-order valence-electron chi connectivity index (χ1n) is 7.12. The van der Waals surface area contributed by atoms with Gasteiger partial charge in [0.15, 0.2) is 0 Å².